The van der Waals surface area contributed by atoms with Gasteiger partial charge in [0.15, 0.2) is 6.10 Å². The van der Waals surface area contributed by atoms with Gasteiger partial charge < -0.3 is 10.1 Å². The summed E-state index contributed by atoms with van der Waals surface area (Å²) < 4.78 is 6.55. The topological polar surface area (TPSA) is 38.3 Å². The molecule has 1 atom stereocenters. The van der Waals surface area contributed by atoms with Crippen LogP contribution in [-0.4, -0.2) is 19.1 Å². The number of benzene rings is 1. The molecule has 0 bridgehead atoms. The molecule has 0 aliphatic carbocycles. The summed E-state index contributed by atoms with van der Waals surface area (Å²) in [6, 6.07) is 7.57. The van der Waals surface area contributed by atoms with E-state index in [1.807, 2.05) is 24.3 Å². The van der Waals surface area contributed by atoms with Crippen molar-refractivity contribution in [2.75, 3.05) is 7.05 Å². The molecule has 0 radical (unpaired) electrons. The molecule has 1 aromatic carbocycles. The minimum Gasteiger partial charge on any atom is -0.481 e. The van der Waals surface area contributed by atoms with E-state index in [0.717, 1.165) is 3.57 Å². The molecule has 76 valence electrons. The third kappa shape index (κ3) is 3.17. The summed E-state index contributed by atoms with van der Waals surface area (Å²) in [5.74, 6) is 0.588. The lowest BCUT2D eigenvalue weighted by Gasteiger charge is -2.12. The number of nitrogens with one attached hydrogen (secondary N) is 1. The standard InChI is InChI=1S/C10H12INO2/c1-7(10(13)12-2)14-9-5-3-8(11)4-6-9/h3-7H,1-2H3,(H,12,13). The van der Waals surface area contributed by atoms with Crippen LogP contribution in [0.1, 0.15) is 6.92 Å². The molecular weight excluding hydrogens is 293 g/mol. The third-order valence-electron chi connectivity index (χ3n) is 1.74. The Balaban J connectivity index is 2.60. The summed E-state index contributed by atoms with van der Waals surface area (Å²) in [6.45, 7) is 1.72. The predicted octanol–water partition coefficient (Wildman–Crippen LogP) is 1.80. The van der Waals surface area contributed by atoms with Gasteiger partial charge in [0, 0.05) is 10.6 Å². The van der Waals surface area contributed by atoms with Crippen molar-refractivity contribution in [3.05, 3.63) is 27.8 Å². The fourth-order valence-electron chi connectivity index (χ4n) is 0.974. The molecule has 4 heteroatoms. The first-order chi connectivity index (χ1) is 6.63. The molecule has 0 aromatic heterocycles. The minimum absolute atomic E-state index is 0.122. The molecule has 0 spiro atoms. The first kappa shape index (κ1) is 11.3. The second-order valence-corrected chi connectivity index (χ2v) is 4.07. The molecule has 14 heavy (non-hydrogen) atoms. The molecule has 0 aliphatic rings. The molecule has 1 unspecified atom stereocenters. The van der Waals surface area contributed by atoms with E-state index in [1.54, 1.807) is 14.0 Å². The maximum atomic E-state index is 11.1. The summed E-state index contributed by atoms with van der Waals surface area (Å²) in [6.07, 6.45) is -0.458. The first-order valence-corrected chi connectivity index (χ1v) is 5.35. The van der Waals surface area contributed by atoms with E-state index in [1.165, 1.54) is 0 Å². The number of carbonyl (C=O) groups is 1. The van der Waals surface area contributed by atoms with Crippen LogP contribution in [0.5, 0.6) is 5.75 Å². The summed E-state index contributed by atoms with van der Waals surface area (Å²) in [5.41, 5.74) is 0. The van der Waals surface area contributed by atoms with Crippen LogP contribution >= 0.6 is 22.6 Å². The maximum Gasteiger partial charge on any atom is 0.260 e. The highest BCUT2D eigenvalue weighted by molar-refractivity contribution is 14.1. The molecule has 0 aliphatic heterocycles. The number of rotatable bonds is 3. The molecule has 0 saturated heterocycles. The molecule has 3 nitrogen and oxygen atoms in total. The summed E-state index contributed by atoms with van der Waals surface area (Å²) >= 11 is 2.22. The molecule has 0 fully saturated rings. The zero-order valence-electron chi connectivity index (χ0n) is 8.08. The molecule has 1 aromatic rings. The Labute approximate surface area is 97.0 Å². The van der Waals surface area contributed by atoms with Gasteiger partial charge in [0.05, 0.1) is 0 Å². The van der Waals surface area contributed by atoms with Gasteiger partial charge in [-0.2, -0.15) is 0 Å². The maximum absolute atomic E-state index is 11.1. The Kier molecular flexibility index (Phi) is 4.19. The monoisotopic (exact) mass is 305 g/mol. The van der Waals surface area contributed by atoms with Crippen LogP contribution in [-0.2, 0) is 4.79 Å². The van der Waals surface area contributed by atoms with E-state index in [2.05, 4.69) is 27.9 Å². The summed E-state index contributed by atoms with van der Waals surface area (Å²) in [4.78, 5) is 11.1. The Morgan fingerprint density at radius 3 is 2.50 bits per heavy atom. The minimum atomic E-state index is -0.458. The average molecular weight is 305 g/mol. The molecule has 0 saturated carbocycles. The lowest BCUT2D eigenvalue weighted by atomic mass is 10.3. The molecule has 1 N–H and O–H groups in total. The Morgan fingerprint density at radius 2 is 2.00 bits per heavy atom. The van der Waals surface area contributed by atoms with Crippen molar-refractivity contribution >= 4 is 28.5 Å². The van der Waals surface area contributed by atoms with E-state index >= 15 is 0 Å². The molecular formula is C10H12INO2. The number of halogens is 1. The number of likely N-dealkylation sites (N-methyl/N-ethyl adjacent to an activating group) is 1. The van der Waals surface area contributed by atoms with Crippen LogP contribution in [0.2, 0.25) is 0 Å². The van der Waals surface area contributed by atoms with E-state index < -0.39 is 6.10 Å². The molecule has 0 heterocycles. The summed E-state index contributed by atoms with van der Waals surface area (Å²) in [7, 11) is 1.59. The number of carbonyl (C=O) groups excluding carboxylic acids is 1. The lowest BCUT2D eigenvalue weighted by molar-refractivity contribution is -0.126. The van der Waals surface area contributed by atoms with Crippen molar-refractivity contribution in [1.82, 2.24) is 5.32 Å². The van der Waals surface area contributed by atoms with Crippen molar-refractivity contribution in [2.45, 2.75) is 13.0 Å². The molecule has 1 rings (SSSR count). The largest absolute Gasteiger partial charge is 0.481 e. The van der Waals surface area contributed by atoms with Crippen molar-refractivity contribution in [3.63, 3.8) is 0 Å². The van der Waals surface area contributed by atoms with Crippen LogP contribution in [0.4, 0.5) is 0 Å². The second-order valence-electron chi connectivity index (χ2n) is 2.83. The molecule has 1 amide bonds. The van der Waals surface area contributed by atoms with Gasteiger partial charge in [-0.1, -0.05) is 0 Å². The number of ether oxygens (including phenoxy) is 1. The van der Waals surface area contributed by atoms with E-state index in [0.29, 0.717) is 5.75 Å². The van der Waals surface area contributed by atoms with Crippen molar-refractivity contribution in [2.24, 2.45) is 0 Å². The van der Waals surface area contributed by atoms with Gasteiger partial charge in [-0.15, -0.1) is 0 Å². The SMILES string of the molecule is CNC(=O)C(C)Oc1ccc(I)cc1. The van der Waals surface area contributed by atoms with Crippen LogP contribution in [0, 0.1) is 3.57 Å². The second kappa shape index (κ2) is 5.19. The fourth-order valence-corrected chi connectivity index (χ4v) is 1.33. The van der Waals surface area contributed by atoms with Gasteiger partial charge >= 0.3 is 0 Å². The smallest absolute Gasteiger partial charge is 0.260 e. The highest BCUT2D eigenvalue weighted by atomic mass is 127. The Morgan fingerprint density at radius 1 is 1.43 bits per heavy atom. The van der Waals surface area contributed by atoms with Gasteiger partial charge in [0.2, 0.25) is 0 Å². The first-order valence-electron chi connectivity index (χ1n) is 4.27. The average Bonchev–Trinajstić information content (AvgIpc) is 2.20. The highest BCUT2D eigenvalue weighted by Crippen LogP contribution is 2.14. The number of hydrogen-bond acceptors (Lipinski definition) is 2. The van der Waals surface area contributed by atoms with Crippen molar-refractivity contribution in [1.29, 1.82) is 0 Å². The van der Waals surface area contributed by atoms with Crippen LogP contribution in [0.15, 0.2) is 24.3 Å². The quantitative estimate of drug-likeness (QED) is 0.865. The van der Waals surface area contributed by atoms with Crippen LogP contribution < -0.4 is 10.1 Å². The number of amides is 1. The van der Waals surface area contributed by atoms with E-state index in [-0.39, 0.29) is 5.91 Å². The van der Waals surface area contributed by atoms with E-state index in [4.69, 9.17) is 4.74 Å². The van der Waals surface area contributed by atoms with Crippen molar-refractivity contribution < 1.29 is 9.53 Å². The Hall–Kier alpha value is -0.780. The van der Waals surface area contributed by atoms with Crippen molar-refractivity contribution in [3.8, 4) is 5.75 Å². The number of hydrogen-bond donors (Lipinski definition) is 1. The van der Waals surface area contributed by atoms with Gasteiger partial charge in [-0.3, -0.25) is 4.79 Å². The normalized spacial score (nSPS) is 11.9. The van der Waals surface area contributed by atoms with Gasteiger partial charge in [0.25, 0.3) is 5.91 Å². The summed E-state index contributed by atoms with van der Waals surface area (Å²) in [5, 5.41) is 2.53. The van der Waals surface area contributed by atoms with Gasteiger partial charge in [-0.05, 0) is 53.8 Å². The Bertz CT molecular complexity index is 310. The van der Waals surface area contributed by atoms with Gasteiger partial charge in [-0.25, -0.2) is 0 Å². The van der Waals surface area contributed by atoms with Crippen LogP contribution in [0.25, 0.3) is 0 Å². The highest BCUT2D eigenvalue weighted by Gasteiger charge is 2.11. The van der Waals surface area contributed by atoms with Gasteiger partial charge in [0.1, 0.15) is 5.75 Å². The van der Waals surface area contributed by atoms with Crippen LogP contribution in [0.3, 0.4) is 0 Å². The zero-order chi connectivity index (χ0) is 10.6. The predicted molar refractivity (Wildman–Crippen MR) is 63.3 cm³/mol. The fraction of sp³-hybridized carbons (Fsp3) is 0.300. The van der Waals surface area contributed by atoms with E-state index in [9.17, 15) is 4.79 Å². The third-order valence-corrected chi connectivity index (χ3v) is 2.46. The lowest BCUT2D eigenvalue weighted by Crippen LogP contribution is -2.33. The zero-order valence-corrected chi connectivity index (χ0v) is 10.2.